The van der Waals surface area contributed by atoms with Gasteiger partial charge < -0.3 is 15.0 Å². The first-order valence-corrected chi connectivity index (χ1v) is 8.54. The molecule has 3 rings (SSSR count). The van der Waals surface area contributed by atoms with E-state index in [2.05, 4.69) is 41.4 Å². The highest BCUT2D eigenvalue weighted by molar-refractivity contribution is 5.37. The number of likely N-dealkylation sites (tertiary alicyclic amines) is 1. The minimum atomic E-state index is 0.466. The topological polar surface area (TPSA) is 24.5 Å². The fraction of sp³-hybridized carbons (Fsp3) is 0.667. The molecule has 0 saturated carbocycles. The Balaban J connectivity index is 1.44. The average molecular weight is 288 g/mol. The Bertz CT molecular complexity index is 449. The molecule has 1 aromatic carbocycles. The van der Waals surface area contributed by atoms with Crippen LogP contribution in [0, 0.1) is 0 Å². The zero-order chi connectivity index (χ0) is 14.5. The monoisotopic (exact) mass is 288 g/mol. The molecule has 1 aromatic rings. The van der Waals surface area contributed by atoms with Crippen molar-refractivity contribution >= 4 is 0 Å². The van der Waals surface area contributed by atoms with E-state index in [1.165, 1.54) is 44.3 Å². The smallest absolute Gasteiger partial charge is 0.124 e. The summed E-state index contributed by atoms with van der Waals surface area (Å²) in [7, 11) is 0. The van der Waals surface area contributed by atoms with Crippen molar-refractivity contribution in [2.75, 3.05) is 26.2 Å². The quantitative estimate of drug-likeness (QED) is 0.841. The summed E-state index contributed by atoms with van der Waals surface area (Å²) < 4.78 is 5.72. The third-order valence-electron chi connectivity index (χ3n) is 4.91. The number of nitrogens with zero attached hydrogens (tertiary/aromatic N) is 1. The van der Waals surface area contributed by atoms with Crippen molar-refractivity contribution in [2.24, 2.45) is 0 Å². The molecule has 3 nitrogen and oxygen atoms in total. The largest absolute Gasteiger partial charge is 0.493 e. The number of hydrogen-bond donors (Lipinski definition) is 1. The van der Waals surface area contributed by atoms with Crippen LogP contribution in [0.4, 0.5) is 0 Å². The van der Waals surface area contributed by atoms with Crippen molar-refractivity contribution in [2.45, 2.75) is 51.1 Å². The molecule has 0 spiro atoms. The van der Waals surface area contributed by atoms with Gasteiger partial charge in [-0.1, -0.05) is 24.6 Å². The summed E-state index contributed by atoms with van der Waals surface area (Å²) in [6.45, 7) is 6.83. The van der Waals surface area contributed by atoms with Gasteiger partial charge in [-0.15, -0.1) is 0 Å². The standard InChI is InChI=1S/C18H28N2O/c1-15-7-4-5-12-20(15)13-6-11-19-17-10-14-21-18-9-3-2-8-16(17)18/h2-3,8-9,15,17,19H,4-7,10-14H2,1H3. The second kappa shape index (κ2) is 7.28. The van der Waals surface area contributed by atoms with E-state index in [1.807, 2.05) is 0 Å². The minimum Gasteiger partial charge on any atom is -0.493 e. The number of para-hydroxylation sites is 1. The van der Waals surface area contributed by atoms with E-state index in [4.69, 9.17) is 4.74 Å². The first-order chi connectivity index (χ1) is 10.3. The number of rotatable bonds is 5. The summed E-state index contributed by atoms with van der Waals surface area (Å²) in [5.74, 6) is 1.06. The lowest BCUT2D eigenvalue weighted by atomic mass is 10.0. The summed E-state index contributed by atoms with van der Waals surface area (Å²) in [5, 5.41) is 3.73. The van der Waals surface area contributed by atoms with Gasteiger partial charge in [-0.05, 0) is 51.9 Å². The predicted octanol–water partition coefficient (Wildman–Crippen LogP) is 3.36. The second-order valence-corrected chi connectivity index (χ2v) is 6.42. The van der Waals surface area contributed by atoms with Gasteiger partial charge in [-0.25, -0.2) is 0 Å². The number of piperidine rings is 1. The van der Waals surface area contributed by atoms with Crippen LogP contribution in [0.5, 0.6) is 5.75 Å². The molecule has 3 heteroatoms. The van der Waals surface area contributed by atoms with E-state index < -0.39 is 0 Å². The van der Waals surface area contributed by atoms with Gasteiger partial charge in [-0.3, -0.25) is 0 Å². The van der Waals surface area contributed by atoms with Crippen LogP contribution in [-0.4, -0.2) is 37.2 Å². The first-order valence-electron chi connectivity index (χ1n) is 8.54. The van der Waals surface area contributed by atoms with Gasteiger partial charge in [0.2, 0.25) is 0 Å². The van der Waals surface area contributed by atoms with Crippen molar-refractivity contribution in [3.05, 3.63) is 29.8 Å². The maximum Gasteiger partial charge on any atom is 0.124 e. The molecule has 2 aliphatic rings. The van der Waals surface area contributed by atoms with Gasteiger partial charge in [0.15, 0.2) is 0 Å². The highest BCUT2D eigenvalue weighted by Crippen LogP contribution is 2.31. The highest BCUT2D eigenvalue weighted by Gasteiger charge is 2.21. The van der Waals surface area contributed by atoms with Crippen molar-refractivity contribution < 1.29 is 4.74 Å². The molecule has 2 atom stereocenters. The molecule has 2 unspecified atom stereocenters. The number of ether oxygens (including phenoxy) is 1. The Morgan fingerprint density at radius 2 is 2.14 bits per heavy atom. The van der Waals surface area contributed by atoms with Gasteiger partial charge in [-0.2, -0.15) is 0 Å². The molecule has 1 N–H and O–H groups in total. The zero-order valence-corrected chi connectivity index (χ0v) is 13.2. The normalized spacial score (nSPS) is 26.1. The van der Waals surface area contributed by atoms with E-state index in [1.54, 1.807) is 0 Å². The van der Waals surface area contributed by atoms with Crippen LogP contribution in [0.25, 0.3) is 0 Å². The summed E-state index contributed by atoms with van der Waals surface area (Å²) in [6, 6.07) is 9.69. The maximum absolute atomic E-state index is 5.72. The second-order valence-electron chi connectivity index (χ2n) is 6.42. The molecular weight excluding hydrogens is 260 g/mol. The molecule has 1 fully saturated rings. The van der Waals surface area contributed by atoms with Crippen LogP contribution in [-0.2, 0) is 0 Å². The molecule has 0 aliphatic carbocycles. The van der Waals surface area contributed by atoms with Gasteiger partial charge in [0.05, 0.1) is 6.61 Å². The Morgan fingerprint density at radius 1 is 1.24 bits per heavy atom. The Hall–Kier alpha value is -1.06. The minimum absolute atomic E-state index is 0.466. The summed E-state index contributed by atoms with van der Waals surface area (Å²) >= 11 is 0. The Morgan fingerprint density at radius 3 is 3.05 bits per heavy atom. The lowest BCUT2D eigenvalue weighted by molar-refractivity contribution is 0.157. The van der Waals surface area contributed by atoms with Crippen LogP contribution in [0.15, 0.2) is 24.3 Å². The molecule has 21 heavy (non-hydrogen) atoms. The number of hydrogen-bond acceptors (Lipinski definition) is 3. The van der Waals surface area contributed by atoms with Gasteiger partial charge in [0.25, 0.3) is 0 Å². The molecule has 0 bridgehead atoms. The van der Waals surface area contributed by atoms with Crippen LogP contribution in [0.3, 0.4) is 0 Å². The van der Waals surface area contributed by atoms with E-state index >= 15 is 0 Å². The third-order valence-corrected chi connectivity index (χ3v) is 4.91. The predicted molar refractivity (Wildman–Crippen MR) is 86.8 cm³/mol. The Kier molecular flexibility index (Phi) is 5.15. The van der Waals surface area contributed by atoms with E-state index in [9.17, 15) is 0 Å². The number of fused-ring (bicyclic) bond motifs is 1. The fourth-order valence-electron chi connectivity index (χ4n) is 3.60. The van der Waals surface area contributed by atoms with E-state index in [0.29, 0.717) is 6.04 Å². The third kappa shape index (κ3) is 3.78. The van der Waals surface area contributed by atoms with E-state index in [0.717, 1.165) is 31.4 Å². The van der Waals surface area contributed by atoms with Crippen LogP contribution in [0.1, 0.15) is 50.6 Å². The van der Waals surface area contributed by atoms with Gasteiger partial charge >= 0.3 is 0 Å². The van der Waals surface area contributed by atoms with Crippen LogP contribution >= 0.6 is 0 Å². The Labute approximate surface area is 128 Å². The lowest BCUT2D eigenvalue weighted by Gasteiger charge is -2.33. The zero-order valence-electron chi connectivity index (χ0n) is 13.2. The molecule has 116 valence electrons. The van der Waals surface area contributed by atoms with Crippen molar-refractivity contribution in [3.8, 4) is 5.75 Å². The maximum atomic E-state index is 5.72. The molecule has 2 aliphatic heterocycles. The molecular formula is C18H28N2O. The van der Waals surface area contributed by atoms with Gasteiger partial charge in [0, 0.05) is 24.1 Å². The molecule has 0 aromatic heterocycles. The lowest BCUT2D eigenvalue weighted by Crippen LogP contribution is -2.39. The summed E-state index contributed by atoms with van der Waals surface area (Å²) in [6.07, 6.45) is 6.49. The van der Waals surface area contributed by atoms with Crippen molar-refractivity contribution in [1.29, 1.82) is 0 Å². The highest BCUT2D eigenvalue weighted by atomic mass is 16.5. The van der Waals surface area contributed by atoms with Crippen molar-refractivity contribution in [1.82, 2.24) is 10.2 Å². The first kappa shape index (κ1) is 14.9. The molecule has 1 saturated heterocycles. The average Bonchev–Trinajstić information content (AvgIpc) is 2.53. The van der Waals surface area contributed by atoms with Gasteiger partial charge in [0.1, 0.15) is 5.75 Å². The van der Waals surface area contributed by atoms with E-state index in [-0.39, 0.29) is 0 Å². The fourth-order valence-corrected chi connectivity index (χ4v) is 3.60. The number of benzene rings is 1. The summed E-state index contributed by atoms with van der Waals surface area (Å²) in [5.41, 5.74) is 1.33. The molecule has 2 heterocycles. The SMILES string of the molecule is CC1CCCCN1CCCNC1CCOc2ccccc21. The van der Waals surface area contributed by atoms with Crippen LogP contribution < -0.4 is 10.1 Å². The molecule has 0 radical (unpaired) electrons. The number of nitrogens with one attached hydrogen (secondary N) is 1. The van der Waals surface area contributed by atoms with Crippen molar-refractivity contribution in [3.63, 3.8) is 0 Å². The van der Waals surface area contributed by atoms with Crippen LogP contribution in [0.2, 0.25) is 0 Å². The molecule has 0 amide bonds. The summed E-state index contributed by atoms with van der Waals surface area (Å²) in [4.78, 5) is 2.66.